The lowest BCUT2D eigenvalue weighted by molar-refractivity contribution is -0.120. The van der Waals surface area contributed by atoms with Gasteiger partial charge >= 0.3 is 0 Å². The number of hydrogen-bond donors (Lipinski definition) is 2. The van der Waals surface area contributed by atoms with Gasteiger partial charge in [-0.2, -0.15) is 0 Å². The minimum atomic E-state index is -0.208. The highest BCUT2D eigenvalue weighted by Gasteiger charge is 2.35. The second-order valence-electron chi connectivity index (χ2n) is 7.42. The number of nitrogens with one attached hydrogen (secondary N) is 2. The van der Waals surface area contributed by atoms with Crippen molar-refractivity contribution in [1.82, 2.24) is 10.9 Å². The lowest BCUT2D eigenvalue weighted by Crippen LogP contribution is -2.47. The zero-order valence-corrected chi connectivity index (χ0v) is 15.2. The van der Waals surface area contributed by atoms with E-state index in [-0.39, 0.29) is 18.0 Å². The molecule has 1 saturated heterocycles. The van der Waals surface area contributed by atoms with Crippen LogP contribution in [0.15, 0.2) is 66.7 Å². The van der Waals surface area contributed by atoms with Crippen LogP contribution in [0, 0.1) is 0 Å². The van der Waals surface area contributed by atoms with Crippen LogP contribution in [-0.4, -0.2) is 18.5 Å². The number of carbonyl (C=O) groups excluding carboxylic acids is 1. The van der Waals surface area contributed by atoms with Crippen LogP contribution < -0.4 is 15.8 Å². The Morgan fingerprint density at radius 3 is 2.70 bits per heavy atom. The van der Waals surface area contributed by atoms with Gasteiger partial charge in [0.25, 0.3) is 0 Å². The van der Waals surface area contributed by atoms with Crippen molar-refractivity contribution in [3.8, 4) is 0 Å². The molecule has 0 aromatic heterocycles. The molecule has 136 valence electrons. The van der Waals surface area contributed by atoms with Crippen molar-refractivity contribution in [2.75, 3.05) is 11.4 Å². The highest BCUT2D eigenvalue weighted by Crippen LogP contribution is 2.32. The van der Waals surface area contributed by atoms with E-state index in [1.165, 1.54) is 21.9 Å². The Morgan fingerprint density at radius 2 is 1.74 bits per heavy atom. The average Bonchev–Trinajstić information content (AvgIpc) is 3.22. The molecule has 0 saturated carbocycles. The fourth-order valence-corrected chi connectivity index (χ4v) is 4.43. The van der Waals surface area contributed by atoms with Crippen molar-refractivity contribution < 1.29 is 4.79 Å². The molecule has 2 atom stereocenters. The van der Waals surface area contributed by atoms with Crippen LogP contribution in [0.25, 0.3) is 10.8 Å². The zero-order chi connectivity index (χ0) is 18.2. The third-order valence-corrected chi connectivity index (χ3v) is 5.78. The van der Waals surface area contributed by atoms with Crippen LogP contribution in [0.5, 0.6) is 0 Å². The Bertz CT molecular complexity index is 994. The number of carbonyl (C=O) groups is 1. The standard InChI is InChI=1S/C23H23N3O/c27-23(26-14-6-10-17-8-2-4-13-22(17)26)21-15-20(24-25-21)19-12-5-9-16-7-1-3-11-18(16)19/h1-5,7-9,11-13,20-21,24-25H,6,10,14-15H2. The molecule has 4 heteroatoms. The van der Waals surface area contributed by atoms with Crippen molar-refractivity contribution in [3.63, 3.8) is 0 Å². The van der Waals surface area contributed by atoms with E-state index in [4.69, 9.17) is 0 Å². The molecule has 3 aromatic carbocycles. The van der Waals surface area contributed by atoms with E-state index in [2.05, 4.69) is 71.5 Å². The number of para-hydroxylation sites is 1. The molecule has 0 bridgehead atoms. The van der Waals surface area contributed by atoms with E-state index >= 15 is 0 Å². The molecule has 0 spiro atoms. The first kappa shape index (κ1) is 16.5. The predicted molar refractivity (Wildman–Crippen MR) is 108 cm³/mol. The second-order valence-corrected chi connectivity index (χ2v) is 7.42. The molecule has 2 N–H and O–H groups in total. The van der Waals surface area contributed by atoms with E-state index in [0.29, 0.717) is 0 Å². The summed E-state index contributed by atoms with van der Waals surface area (Å²) in [4.78, 5) is 15.2. The summed E-state index contributed by atoms with van der Waals surface area (Å²) in [6.07, 6.45) is 2.83. The van der Waals surface area contributed by atoms with Gasteiger partial charge in [0.1, 0.15) is 6.04 Å². The van der Waals surface area contributed by atoms with Crippen LogP contribution in [0.2, 0.25) is 0 Å². The maximum atomic E-state index is 13.2. The molecule has 1 fully saturated rings. The van der Waals surface area contributed by atoms with Crippen molar-refractivity contribution in [2.24, 2.45) is 0 Å². The third-order valence-electron chi connectivity index (χ3n) is 5.78. The topological polar surface area (TPSA) is 44.4 Å². The smallest absolute Gasteiger partial charge is 0.245 e. The zero-order valence-electron chi connectivity index (χ0n) is 15.2. The lowest BCUT2D eigenvalue weighted by Gasteiger charge is -2.31. The number of nitrogens with zero attached hydrogens (tertiary/aromatic N) is 1. The number of aryl methyl sites for hydroxylation is 1. The van der Waals surface area contributed by atoms with Crippen molar-refractivity contribution in [1.29, 1.82) is 0 Å². The Balaban J connectivity index is 1.39. The summed E-state index contributed by atoms with van der Waals surface area (Å²) < 4.78 is 0. The SMILES string of the molecule is O=C(C1CC(c2cccc3ccccc23)NN1)N1CCCc2ccccc21. The normalized spacial score (nSPS) is 22.0. The van der Waals surface area contributed by atoms with Gasteiger partial charge in [0.05, 0.1) is 0 Å². The van der Waals surface area contributed by atoms with Crippen molar-refractivity contribution >= 4 is 22.4 Å². The summed E-state index contributed by atoms with van der Waals surface area (Å²) in [5.74, 6) is 0.164. The fourth-order valence-electron chi connectivity index (χ4n) is 4.43. The first-order valence-electron chi connectivity index (χ1n) is 9.69. The minimum absolute atomic E-state index is 0.130. The summed E-state index contributed by atoms with van der Waals surface area (Å²) in [6, 6.07) is 23.0. The van der Waals surface area contributed by atoms with E-state index in [0.717, 1.165) is 31.5 Å². The first-order valence-corrected chi connectivity index (χ1v) is 9.69. The first-order chi connectivity index (χ1) is 13.3. The maximum absolute atomic E-state index is 13.2. The lowest BCUT2D eigenvalue weighted by atomic mass is 9.95. The molecule has 0 radical (unpaired) electrons. The predicted octanol–water partition coefficient (Wildman–Crippen LogP) is 3.73. The van der Waals surface area contributed by atoms with Gasteiger partial charge in [0, 0.05) is 18.3 Å². The van der Waals surface area contributed by atoms with Gasteiger partial charge < -0.3 is 4.90 Å². The third kappa shape index (κ3) is 2.91. The molecule has 27 heavy (non-hydrogen) atoms. The molecular formula is C23H23N3O. The Morgan fingerprint density at radius 1 is 0.926 bits per heavy atom. The minimum Gasteiger partial charge on any atom is -0.311 e. The average molecular weight is 357 g/mol. The fraction of sp³-hybridized carbons (Fsp3) is 0.261. The van der Waals surface area contributed by atoms with Gasteiger partial charge in [0.15, 0.2) is 0 Å². The van der Waals surface area contributed by atoms with Crippen LogP contribution in [-0.2, 0) is 11.2 Å². The van der Waals surface area contributed by atoms with Gasteiger partial charge in [-0.15, -0.1) is 0 Å². The second kappa shape index (κ2) is 6.80. The molecule has 1 amide bonds. The van der Waals surface area contributed by atoms with Crippen LogP contribution in [0.4, 0.5) is 5.69 Å². The molecule has 0 aliphatic carbocycles. The molecule has 2 aliphatic heterocycles. The van der Waals surface area contributed by atoms with E-state index in [1.807, 2.05) is 11.0 Å². The summed E-state index contributed by atoms with van der Waals surface area (Å²) in [7, 11) is 0. The summed E-state index contributed by atoms with van der Waals surface area (Å²) in [5.41, 5.74) is 10.2. The number of rotatable bonds is 2. The summed E-state index contributed by atoms with van der Waals surface area (Å²) in [5, 5.41) is 2.48. The molecule has 4 nitrogen and oxygen atoms in total. The number of benzene rings is 3. The van der Waals surface area contributed by atoms with Crippen LogP contribution in [0.1, 0.15) is 30.0 Å². The van der Waals surface area contributed by atoms with Crippen LogP contribution in [0.3, 0.4) is 0 Å². The van der Waals surface area contributed by atoms with E-state index in [9.17, 15) is 4.79 Å². The van der Waals surface area contributed by atoms with E-state index < -0.39 is 0 Å². The number of hydrogen-bond acceptors (Lipinski definition) is 3. The molecule has 2 aliphatic rings. The Labute approximate surface area is 159 Å². The Hall–Kier alpha value is -2.69. The van der Waals surface area contributed by atoms with Gasteiger partial charge in [-0.3, -0.25) is 4.79 Å². The highest BCUT2D eigenvalue weighted by atomic mass is 16.2. The number of fused-ring (bicyclic) bond motifs is 2. The highest BCUT2D eigenvalue weighted by molar-refractivity contribution is 5.98. The number of amides is 1. The number of anilines is 1. The van der Waals surface area contributed by atoms with Crippen LogP contribution >= 0.6 is 0 Å². The van der Waals surface area contributed by atoms with Gasteiger partial charge in [-0.05, 0) is 47.2 Å². The van der Waals surface area contributed by atoms with Gasteiger partial charge in [0.2, 0.25) is 5.91 Å². The molecule has 2 unspecified atom stereocenters. The molecular weight excluding hydrogens is 334 g/mol. The summed E-state index contributed by atoms with van der Waals surface area (Å²) >= 11 is 0. The molecule has 2 heterocycles. The van der Waals surface area contributed by atoms with Gasteiger partial charge in [-0.25, -0.2) is 10.9 Å². The quantitative estimate of drug-likeness (QED) is 0.735. The van der Waals surface area contributed by atoms with Gasteiger partial charge in [-0.1, -0.05) is 60.7 Å². The largest absolute Gasteiger partial charge is 0.311 e. The van der Waals surface area contributed by atoms with E-state index in [1.54, 1.807) is 0 Å². The Kier molecular flexibility index (Phi) is 4.15. The van der Waals surface area contributed by atoms with Crippen molar-refractivity contribution in [3.05, 3.63) is 77.9 Å². The molecule has 3 aromatic rings. The summed E-state index contributed by atoms with van der Waals surface area (Å²) in [6.45, 7) is 0.799. The monoisotopic (exact) mass is 357 g/mol. The number of hydrazine groups is 1. The maximum Gasteiger partial charge on any atom is 0.245 e. The molecule has 5 rings (SSSR count). The van der Waals surface area contributed by atoms with Crippen molar-refractivity contribution in [2.45, 2.75) is 31.3 Å².